The minimum absolute atomic E-state index is 0.108. The smallest absolute Gasteiger partial charge is 0.0540 e. The van der Waals surface area contributed by atoms with E-state index in [0.29, 0.717) is 18.0 Å². The SMILES string of the molecule is CCC(O)CC1CC(NC2CC2)CN(C(C)CC)C1. The normalized spacial score (nSPS) is 32.2. The Kier molecular flexibility index (Phi) is 5.67. The fourth-order valence-corrected chi connectivity index (χ4v) is 3.29. The van der Waals surface area contributed by atoms with Crippen LogP contribution < -0.4 is 5.32 Å². The molecule has 0 bridgehead atoms. The maximum absolute atomic E-state index is 9.93. The van der Waals surface area contributed by atoms with Crippen molar-refractivity contribution in [2.24, 2.45) is 5.92 Å². The lowest BCUT2D eigenvalue weighted by molar-refractivity contribution is 0.0642. The Labute approximate surface area is 118 Å². The average Bonchev–Trinajstić information content (AvgIpc) is 3.21. The number of aliphatic hydroxyl groups excluding tert-OH is 1. The van der Waals surface area contributed by atoms with Crippen LogP contribution >= 0.6 is 0 Å². The molecule has 0 aromatic carbocycles. The molecule has 3 heteroatoms. The molecule has 2 aliphatic rings. The van der Waals surface area contributed by atoms with Crippen LogP contribution in [0.4, 0.5) is 0 Å². The molecule has 3 nitrogen and oxygen atoms in total. The van der Waals surface area contributed by atoms with Gasteiger partial charge in [-0.1, -0.05) is 13.8 Å². The summed E-state index contributed by atoms with van der Waals surface area (Å²) in [7, 11) is 0. The summed E-state index contributed by atoms with van der Waals surface area (Å²) >= 11 is 0. The number of nitrogens with one attached hydrogen (secondary N) is 1. The maximum atomic E-state index is 9.93. The first-order valence-corrected chi connectivity index (χ1v) is 8.30. The van der Waals surface area contributed by atoms with Gasteiger partial charge >= 0.3 is 0 Å². The number of hydrogen-bond acceptors (Lipinski definition) is 3. The Hall–Kier alpha value is -0.120. The highest BCUT2D eigenvalue weighted by molar-refractivity contribution is 4.91. The number of piperidine rings is 1. The van der Waals surface area contributed by atoms with Crippen LogP contribution in [0.1, 0.15) is 59.3 Å². The monoisotopic (exact) mass is 268 g/mol. The largest absolute Gasteiger partial charge is 0.393 e. The summed E-state index contributed by atoms with van der Waals surface area (Å²) in [5, 5.41) is 13.7. The summed E-state index contributed by atoms with van der Waals surface area (Å²) in [6, 6.07) is 2.10. The van der Waals surface area contributed by atoms with Crippen LogP contribution in [0.3, 0.4) is 0 Å². The van der Waals surface area contributed by atoms with Crippen LogP contribution in [0.25, 0.3) is 0 Å². The van der Waals surface area contributed by atoms with Gasteiger partial charge in [0.05, 0.1) is 6.10 Å². The molecule has 112 valence electrons. The lowest BCUT2D eigenvalue weighted by Gasteiger charge is -2.41. The lowest BCUT2D eigenvalue weighted by Crippen LogP contribution is -2.52. The van der Waals surface area contributed by atoms with E-state index >= 15 is 0 Å². The second kappa shape index (κ2) is 7.05. The molecular formula is C16H32N2O. The lowest BCUT2D eigenvalue weighted by atomic mass is 9.88. The third-order valence-electron chi connectivity index (χ3n) is 4.91. The first kappa shape index (κ1) is 15.3. The Morgan fingerprint density at radius 1 is 1.16 bits per heavy atom. The van der Waals surface area contributed by atoms with Crippen LogP contribution in [0.5, 0.6) is 0 Å². The second-order valence-electron chi connectivity index (χ2n) is 6.75. The zero-order valence-corrected chi connectivity index (χ0v) is 12.9. The van der Waals surface area contributed by atoms with Crippen molar-refractivity contribution in [1.29, 1.82) is 0 Å². The molecule has 1 aliphatic heterocycles. The third kappa shape index (κ3) is 4.73. The van der Waals surface area contributed by atoms with Crippen LogP contribution in [-0.2, 0) is 0 Å². The van der Waals surface area contributed by atoms with E-state index in [4.69, 9.17) is 0 Å². The van der Waals surface area contributed by atoms with E-state index < -0.39 is 0 Å². The molecule has 4 unspecified atom stereocenters. The van der Waals surface area contributed by atoms with Crippen molar-refractivity contribution >= 4 is 0 Å². The minimum Gasteiger partial charge on any atom is -0.393 e. The van der Waals surface area contributed by atoms with Gasteiger partial charge in [-0.05, 0) is 51.4 Å². The van der Waals surface area contributed by atoms with Gasteiger partial charge in [-0.25, -0.2) is 0 Å². The van der Waals surface area contributed by atoms with Crippen LogP contribution in [0.15, 0.2) is 0 Å². The molecule has 1 saturated heterocycles. The van der Waals surface area contributed by atoms with Gasteiger partial charge in [0.25, 0.3) is 0 Å². The average molecular weight is 268 g/mol. The summed E-state index contributed by atoms with van der Waals surface area (Å²) in [4.78, 5) is 2.64. The molecule has 19 heavy (non-hydrogen) atoms. The Morgan fingerprint density at radius 3 is 2.47 bits per heavy atom. The standard InChI is InChI=1S/C16H32N2O/c1-4-12(3)18-10-13(9-16(19)5-2)8-15(11-18)17-14-6-7-14/h12-17,19H,4-11H2,1-3H3. The molecule has 0 aromatic rings. The van der Waals surface area contributed by atoms with Crippen molar-refractivity contribution < 1.29 is 5.11 Å². The molecule has 1 aliphatic carbocycles. The van der Waals surface area contributed by atoms with Crippen molar-refractivity contribution in [3.63, 3.8) is 0 Å². The van der Waals surface area contributed by atoms with Gasteiger partial charge in [0, 0.05) is 31.2 Å². The number of nitrogens with zero attached hydrogens (tertiary/aromatic N) is 1. The topological polar surface area (TPSA) is 35.5 Å². The fraction of sp³-hybridized carbons (Fsp3) is 1.00. The predicted octanol–water partition coefficient (Wildman–Crippen LogP) is 2.39. The zero-order chi connectivity index (χ0) is 13.8. The predicted molar refractivity (Wildman–Crippen MR) is 80.3 cm³/mol. The summed E-state index contributed by atoms with van der Waals surface area (Å²) in [6.07, 6.45) is 6.96. The van der Waals surface area contributed by atoms with E-state index in [2.05, 4.69) is 31.0 Å². The molecule has 1 heterocycles. The second-order valence-corrected chi connectivity index (χ2v) is 6.75. The van der Waals surface area contributed by atoms with Gasteiger partial charge in [0.15, 0.2) is 0 Å². The van der Waals surface area contributed by atoms with Gasteiger partial charge in [-0.2, -0.15) is 0 Å². The number of likely N-dealkylation sites (tertiary alicyclic amines) is 1. The first-order valence-electron chi connectivity index (χ1n) is 8.30. The third-order valence-corrected chi connectivity index (χ3v) is 4.91. The Balaban J connectivity index is 1.90. The van der Waals surface area contributed by atoms with Crippen molar-refractivity contribution in [2.75, 3.05) is 13.1 Å². The van der Waals surface area contributed by atoms with Crippen LogP contribution in [0, 0.1) is 5.92 Å². The van der Waals surface area contributed by atoms with Crippen molar-refractivity contribution in [2.45, 2.75) is 83.5 Å². The van der Waals surface area contributed by atoms with Crippen molar-refractivity contribution in [3.05, 3.63) is 0 Å². The summed E-state index contributed by atoms with van der Waals surface area (Å²) < 4.78 is 0. The van der Waals surface area contributed by atoms with E-state index in [1.807, 2.05) is 0 Å². The highest BCUT2D eigenvalue weighted by Crippen LogP contribution is 2.27. The van der Waals surface area contributed by atoms with Gasteiger partial charge in [-0.15, -0.1) is 0 Å². The molecule has 2 fully saturated rings. The molecule has 0 aromatic heterocycles. The molecular weight excluding hydrogens is 236 g/mol. The van der Waals surface area contributed by atoms with Crippen molar-refractivity contribution in [1.82, 2.24) is 10.2 Å². The Morgan fingerprint density at radius 2 is 1.89 bits per heavy atom. The van der Waals surface area contributed by atoms with Crippen LogP contribution in [-0.4, -0.2) is 47.3 Å². The highest BCUT2D eigenvalue weighted by atomic mass is 16.3. The van der Waals surface area contributed by atoms with Crippen LogP contribution in [0.2, 0.25) is 0 Å². The maximum Gasteiger partial charge on any atom is 0.0540 e. The summed E-state index contributed by atoms with van der Waals surface area (Å²) in [5.74, 6) is 0.661. The van der Waals surface area contributed by atoms with E-state index in [1.165, 1.54) is 38.8 Å². The molecule has 0 spiro atoms. The quantitative estimate of drug-likeness (QED) is 0.744. The molecule has 1 saturated carbocycles. The van der Waals surface area contributed by atoms with Crippen molar-refractivity contribution in [3.8, 4) is 0 Å². The number of aliphatic hydroxyl groups is 1. The van der Waals surface area contributed by atoms with Gasteiger partial charge < -0.3 is 10.4 Å². The van der Waals surface area contributed by atoms with Gasteiger partial charge in [-0.3, -0.25) is 4.90 Å². The highest BCUT2D eigenvalue weighted by Gasteiger charge is 2.33. The molecule has 0 radical (unpaired) electrons. The molecule has 0 amide bonds. The fourth-order valence-electron chi connectivity index (χ4n) is 3.29. The summed E-state index contributed by atoms with van der Waals surface area (Å²) in [5.41, 5.74) is 0. The van der Waals surface area contributed by atoms with E-state index in [1.54, 1.807) is 0 Å². The molecule has 2 N–H and O–H groups in total. The van der Waals surface area contributed by atoms with Gasteiger partial charge in [0.1, 0.15) is 0 Å². The first-order chi connectivity index (χ1) is 9.12. The van der Waals surface area contributed by atoms with Gasteiger partial charge in [0.2, 0.25) is 0 Å². The van der Waals surface area contributed by atoms with E-state index in [-0.39, 0.29) is 6.10 Å². The summed E-state index contributed by atoms with van der Waals surface area (Å²) in [6.45, 7) is 9.07. The number of rotatable bonds is 7. The molecule has 4 atom stereocenters. The number of hydrogen-bond donors (Lipinski definition) is 2. The Bertz CT molecular complexity index is 267. The van der Waals surface area contributed by atoms with E-state index in [0.717, 1.165) is 18.9 Å². The minimum atomic E-state index is -0.108. The molecule has 2 rings (SSSR count). The van der Waals surface area contributed by atoms with E-state index in [9.17, 15) is 5.11 Å². The zero-order valence-electron chi connectivity index (χ0n) is 12.9.